The highest BCUT2D eigenvalue weighted by molar-refractivity contribution is 7.89. The Kier molecular flexibility index (Phi) is 9.42. The number of carbonyl (C=O) groups excluding carboxylic acids is 3. The Morgan fingerprint density at radius 2 is 1.67 bits per heavy atom. The number of ether oxygens (including phenoxy) is 1. The van der Waals surface area contributed by atoms with Crippen molar-refractivity contribution in [2.45, 2.75) is 63.9 Å². The number of nitrogens with zero attached hydrogens (tertiary/aromatic N) is 1. The molecule has 1 fully saturated rings. The third kappa shape index (κ3) is 7.53. The first-order valence-electron chi connectivity index (χ1n) is 11.2. The molecule has 0 radical (unpaired) electrons. The second kappa shape index (κ2) is 11.6. The Hall–Kier alpha value is -2.46. The smallest absolute Gasteiger partial charge is 0.328 e. The van der Waals surface area contributed by atoms with E-state index in [-0.39, 0.29) is 28.5 Å². The van der Waals surface area contributed by atoms with Crippen LogP contribution in [0.15, 0.2) is 29.2 Å². The number of esters is 1. The van der Waals surface area contributed by atoms with Crippen LogP contribution in [0.5, 0.6) is 0 Å². The molecule has 33 heavy (non-hydrogen) atoms. The number of amides is 2. The molecule has 1 aromatic rings. The number of methoxy groups -OCH3 is 1. The van der Waals surface area contributed by atoms with Crippen LogP contribution in [0.1, 0.15) is 45.6 Å². The average Bonchev–Trinajstić information content (AvgIpc) is 2.77. The van der Waals surface area contributed by atoms with Gasteiger partial charge in [0.05, 0.1) is 18.0 Å². The predicted octanol–water partition coefficient (Wildman–Crippen LogP) is 1.60. The average molecular weight is 482 g/mol. The van der Waals surface area contributed by atoms with E-state index in [1.54, 1.807) is 17.0 Å². The summed E-state index contributed by atoms with van der Waals surface area (Å²) >= 11 is 0. The molecule has 2 N–H and O–H groups in total. The van der Waals surface area contributed by atoms with E-state index >= 15 is 0 Å². The molecule has 0 aliphatic carbocycles. The van der Waals surface area contributed by atoms with Crippen molar-refractivity contribution in [3.05, 3.63) is 29.8 Å². The van der Waals surface area contributed by atoms with Crippen molar-refractivity contribution >= 4 is 27.8 Å². The summed E-state index contributed by atoms with van der Waals surface area (Å²) in [6, 6.07) is 4.76. The van der Waals surface area contributed by atoms with Gasteiger partial charge >= 0.3 is 5.97 Å². The Balaban J connectivity index is 1.91. The van der Waals surface area contributed by atoms with E-state index in [1.807, 2.05) is 20.8 Å². The van der Waals surface area contributed by atoms with Crippen molar-refractivity contribution in [1.29, 1.82) is 0 Å². The third-order valence-corrected chi connectivity index (χ3v) is 7.28. The van der Waals surface area contributed by atoms with Crippen LogP contribution in [0.3, 0.4) is 0 Å². The number of piperidine rings is 1. The number of hydrogen-bond donors (Lipinski definition) is 2. The lowest BCUT2D eigenvalue weighted by Crippen LogP contribution is -2.51. The molecule has 9 nitrogen and oxygen atoms in total. The molecule has 10 heteroatoms. The van der Waals surface area contributed by atoms with Crippen molar-refractivity contribution in [1.82, 2.24) is 14.9 Å². The first kappa shape index (κ1) is 26.8. The standard InChI is InChI=1S/C23H35N3O6S/c1-15(2)14-20(23(29)32-5)24-21(27)18-10-12-26(13-11-18)22(28)17(4)25-33(30,31)19-8-6-16(3)7-9-19/h6-9,15,17-18,20,25H,10-14H2,1-5H3,(H,24,27)/t17-,20+/m1/s1. The molecule has 2 amide bonds. The largest absolute Gasteiger partial charge is 0.467 e. The molecule has 0 aromatic heterocycles. The number of benzene rings is 1. The van der Waals surface area contributed by atoms with Crippen molar-refractivity contribution < 1.29 is 27.5 Å². The number of nitrogens with one attached hydrogen (secondary N) is 2. The topological polar surface area (TPSA) is 122 Å². The van der Waals surface area contributed by atoms with Crippen LogP contribution in [-0.4, -0.2) is 63.4 Å². The highest BCUT2D eigenvalue weighted by Crippen LogP contribution is 2.20. The van der Waals surface area contributed by atoms with Gasteiger partial charge in [-0.3, -0.25) is 9.59 Å². The molecule has 0 bridgehead atoms. The van der Waals surface area contributed by atoms with Crippen LogP contribution >= 0.6 is 0 Å². The zero-order valence-electron chi connectivity index (χ0n) is 20.0. The van der Waals surface area contributed by atoms with E-state index in [0.29, 0.717) is 32.4 Å². The predicted molar refractivity (Wildman–Crippen MR) is 124 cm³/mol. The van der Waals surface area contributed by atoms with Crippen LogP contribution in [0.25, 0.3) is 0 Å². The molecule has 1 saturated heterocycles. The van der Waals surface area contributed by atoms with Crippen LogP contribution in [0.4, 0.5) is 0 Å². The maximum absolute atomic E-state index is 12.8. The van der Waals surface area contributed by atoms with Gasteiger partial charge in [0, 0.05) is 19.0 Å². The van der Waals surface area contributed by atoms with Gasteiger partial charge in [0.2, 0.25) is 21.8 Å². The molecular weight excluding hydrogens is 446 g/mol. The lowest BCUT2D eigenvalue weighted by molar-refractivity contribution is -0.146. The number of aryl methyl sites for hydroxylation is 1. The molecular formula is C23H35N3O6S. The van der Waals surface area contributed by atoms with Gasteiger partial charge < -0.3 is 15.0 Å². The second-order valence-corrected chi connectivity index (χ2v) is 10.7. The lowest BCUT2D eigenvalue weighted by atomic mass is 9.94. The maximum Gasteiger partial charge on any atom is 0.328 e. The molecule has 0 saturated carbocycles. The minimum absolute atomic E-state index is 0.102. The molecule has 0 spiro atoms. The van der Waals surface area contributed by atoms with Gasteiger partial charge in [0.15, 0.2) is 0 Å². The summed E-state index contributed by atoms with van der Waals surface area (Å²) in [7, 11) is -2.53. The minimum Gasteiger partial charge on any atom is -0.467 e. The van der Waals surface area contributed by atoms with E-state index in [2.05, 4.69) is 10.0 Å². The molecule has 1 heterocycles. The first-order chi connectivity index (χ1) is 15.4. The fourth-order valence-electron chi connectivity index (χ4n) is 3.82. The summed E-state index contributed by atoms with van der Waals surface area (Å²) in [4.78, 5) is 39.1. The Labute approximate surface area is 196 Å². The molecule has 2 atom stereocenters. The van der Waals surface area contributed by atoms with Gasteiger partial charge in [-0.2, -0.15) is 4.72 Å². The molecule has 2 rings (SSSR count). The van der Waals surface area contributed by atoms with E-state index in [4.69, 9.17) is 4.74 Å². The Morgan fingerprint density at radius 1 is 1.09 bits per heavy atom. The number of likely N-dealkylation sites (tertiary alicyclic amines) is 1. The van der Waals surface area contributed by atoms with Gasteiger partial charge in [0.1, 0.15) is 6.04 Å². The number of carbonyl (C=O) groups is 3. The monoisotopic (exact) mass is 481 g/mol. The van der Waals surface area contributed by atoms with Gasteiger partial charge in [0.25, 0.3) is 0 Å². The van der Waals surface area contributed by atoms with Crippen molar-refractivity contribution in [3.63, 3.8) is 0 Å². The third-order valence-electron chi connectivity index (χ3n) is 5.72. The summed E-state index contributed by atoms with van der Waals surface area (Å²) in [5.41, 5.74) is 0.937. The lowest BCUT2D eigenvalue weighted by Gasteiger charge is -2.33. The second-order valence-electron chi connectivity index (χ2n) is 8.97. The van der Waals surface area contributed by atoms with E-state index in [1.165, 1.54) is 26.2 Å². The van der Waals surface area contributed by atoms with Gasteiger partial charge in [-0.05, 0) is 51.2 Å². The van der Waals surface area contributed by atoms with Crippen molar-refractivity contribution in [2.75, 3.05) is 20.2 Å². The van der Waals surface area contributed by atoms with Gasteiger partial charge in [-0.1, -0.05) is 31.5 Å². The number of hydrogen-bond acceptors (Lipinski definition) is 6. The molecule has 1 aliphatic heterocycles. The van der Waals surface area contributed by atoms with Crippen LogP contribution < -0.4 is 10.0 Å². The SMILES string of the molecule is COC(=O)[C@H](CC(C)C)NC(=O)C1CCN(C(=O)[C@@H](C)NS(=O)(=O)c2ccc(C)cc2)CC1. The normalized spacial score (nSPS) is 16.8. The van der Waals surface area contributed by atoms with Gasteiger partial charge in [-0.15, -0.1) is 0 Å². The van der Waals surface area contributed by atoms with E-state index in [0.717, 1.165) is 5.56 Å². The molecule has 184 valence electrons. The molecule has 0 unspecified atom stereocenters. The highest BCUT2D eigenvalue weighted by Gasteiger charge is 2.33. The minimum atomic E-state index is -3.82. The molecule has 1 aliphatic rings. The van der Waals surface area contributed by atoms with Crippen LogP contribution in [0, 0.1) is 18.8 Å². The zero-order valence-corrected chi connectivity index (χ0v) is 20.8. The first-order valence-corrected chi connectivity index (χ1v) is 12.7. The number of rotatable bonds is 9. The summed E-state index contributed by atoms with van der Waals surface area (Å²) in [6.45, 7) is 7.96. The quantitative estimate of drug-likeness (QED) is 0.517. The fourth-order valence-corrected chi connectivity index (χ4v) is 5.02. The van der Waals surface area contributed by atoms with Crippen LogP contribution in [-0.2, 0) is 29.1 Å². The fraction of sp³-hybridized carbons (Fsp3) is 0.609. The summed E-state index contributed by atoms with van der Waals surface area (Å²) in [6.07, 6.45) is 1.35. The summed E-state index contributed by atoms with van der Waals surface area (Å²) in [5, 5.41) is 2.78. The maximum atomic E-state index is 12.8. The summed E-state index contributed by atoms with van der Waals surface area (Å²) < 4.78 is 32.4. The number of sulfonamides is 1. The summed E-state index contributed by atoms with van der Waals surface area (Å²) in [5.74, 6) is -1.16. The van der Waals surface area contributed by atoms with Crippen LogP contribution in [0.2, 0.25) is 0 Å². The zero-order chi connectivity index (χ0) is 24.8. The highest BCUT2D eigenvalue weighted by atomic mass is 32.2. The Bertz CT molecular complexity index is 937. The van der Waals surface area contributed by atoms with E-state index < -0.39 is 28.1 Å². The van der Waals surface area contributed by atoms with Gasteiger partial charge in [-0.25, -0.2) is 13.2 Å². The van der Waals surface area contributed by atoms with Crippen molar-refractivity contribution in [2.24, 2.45) is 11.8 Å². The molecule has 1 aromatic carbocycles. The van der Waals surface area contributed by atoms with E-state index in [9.17, 15) is 22.8 Å². The van der Waals surface area contributed by atoms with Crippen molar-refractivity contribution in [3.8, 4) is 0 Å². The Morgan fingerprint density at radius 3 is 2.18 bits per heavy atom.